The van der Waals surface area contributed by atoms with Crippen LogP contribution in [0.3, 0.4) is 0 Å². The van der Waals surface area contributed by atoms with Gasteiger partial charge in [-0.05, 0) is 0 Å². The molecule has 32 heavy (non-hydrogen) atoms. The molecular weight excluding hydrogens is 463 g/mol. The van der Waals surface area contributed by atoms with Gasteiger partial charge in [0.25, 0.3) is 0 Å². The van der Waals surface area contributed by atoms with Gasteiger partial charge in [0.2, 0.25) is 0 Å². The summed E-state index contributed by atoms with van der Waals surface area (Å²) in [5, 5.41) is 6.80. The minimum atomic E-state index is 0.157. The third-order valence-corrected chi connectivity index (χ3v) is 7.72. The third kappa shape index (κ3) is 3.40. The van der Waals surface area contributed by atoms with Crippen LogP contribution in [0.5, 0.6) is 11.6 Å². The van der Waals surface area contributed by atoms with Gasteiger partial charge in [-0.3, -0.25) is 0 Å². The molecular formula is C26H18N4OSe. The van der Waals surface area contributed by atoms with Crippen molar-refractivity contribution in [2.24, 2.45) is 0 Å². The average Bonchev–Trinajstić information content (AvgIpc) is 3.47. The molecule has 0 saturated carbocycles. The zero-order chi connectivity index (χ0) is 21.5. The van der Waals surface area contributed by atoms with Crippen LogP contribution in [0.2, 0.25) is 0 Å². The molecule has 4 heterocycles. The van der Waals surface area contributed by atoms with E-state index in [0.717, 1.165) is 28.4 Å². The van der Waals surface area contributed by atoms with Crippen molar-refractivity contribution < 1.29 is 4.74 Å². The first-order chi connectivity index (χ1) is 15.7. The van der Waals surface area contributed by atoms with Crippen LogP contribution in [0.4, 0.5) is 0 Å². The van der Waals surface area contributed by atoms with Crippen molar-refractivity contribution in [3.8, 4) is 28.6 Å². The van der Waals surface area contributed by atoms with E-state index in [2.05, 4.69) is 35.4 Å². The quantitative estimate of drug-likeness (QED) is 0.299. The van der Waals surface area contributed by atoms with E-state index in [9.17, 15) is 0 Å². The van der Waals surface area contributed by atoms with Crippen LogP contribution in [0.1, 0.15) is 5.69 Å². The van der Waals surface area contributed by atoms with Crippen LogP contribution in [-0.4, -0.2) is 34.3 Å². The molecule has 0 aliphatic rings. The van der Waals surface area contributed by atoms with Gasteiger partial charge in [-0.15, -0.1) is 0 Å². The number of benzene rings is 2. The average molecular weight is 481 g/mol. The van der Waals surface area contributed by atoms with Gasteiger partial charge in [-0.2, -0.15) is 0 Å². The number of ether oxygens (including phenoxy) is 1. The van der Waals surface area contributed by atoms with Gasteiger partial charge in [0.15, 0.2) is 0 Å². The minimum absolute atomic E-state index is 0.157. The van der Waals surface area contributed by atoms with Crippen molar-refractivity contribution in [1.82, 2.24) is 19.7 Å². The first kappa shape index (κ1) is 19.0. The number of rotatable bonds is 4. The Bertz CT molecular complexity index is 1570. The Hall–Kier alpha value is -3.73. The number of pyridine rings is 2. The molecule has 0 aliphatic heterocycles. The topological polar surface area (TPSA) is 52.8 Å². The predicted molar refractivity (Wildman–Crippen MR) is 128 cm³/mol. The SMILES string of the molecule is Cc1ccc2c(n1)[se]c1c(-c3cccc(Oc4cccc(-n5cccn5)c4)n3)cccc12. The summed E-state index contributed by atoms with van der Waals surface area (Å²) in [5.41, 5.74) is 4.06. The molecule has 4 aromatic heterocycles. The second-order valence-corrected chi connectivity index (χ2v) is 9.60. The Kier molecular flexibility index (Phi) is 4.60. The summed E-state index contributed by atoms with van der Waals surface area (Å²) in [6.07, 6.45) is 3.66. The molecule has 0 atom stereocenters. The second-order valence-electron chi connectivity index (χ2n) is 7.50. The zero-order valence-electron chi connectivity index (χ0n) is 17.3. The number of fused-ring (bicyclic) bond motifs is 3. The molecule has 5 nitrogen and oxygen atoms in total. The summed E-state index contributed by atoms with van der Waals surface area (Å²) in [4.78, 5) is 9.61. The van der Waals surface area contributed by atoms with E-state index in [1.165, 1.54) is 19.4 Å². The van der Waals surface area contributed by atoms with E-state index >= 15 is 0 Å². The molecule has 0 bridgehead atoms. The van der Waals surface area contributed by atoms with Gasteiger partial charge in [0.1, 0.15) is 0 Å². The van der Waals surface area contributed by atoms with E-state index in [4.69, 9.17) is 14.7 Å². The normalized spacial score (nSPS) is 11.3. The van der Waals surface area contributed by atoms with Gasteiger partial charge >= 0.3 is 191 Å². The van der Waals surface area contributed by atoms with Gasteiger partial charge in [0, 0.05) is 0 Å². The van der Waals surface area contributed by atoms with Crippen molar-refractivity contribution in [1.29, 1.82) is 0 Å². The van der Waals surface area contributed by atoms with Gasteiger partial charge in [-0.1, -0.05) is 0 Å². The Morgan fingerprint density at radius 2 is 1.75 bits per heavy atom. The van der Waals surface area contributed by atoms with Crippen LogP contribution < -0.4 is 4.74 Å². The number of nitrogens with zero attached hydrogens (tertiary/aromatic N) is 4. The molecule has 0 amide bonds. The number of hydrogen-bond acceptors (Lipinski definition) is 4. The number of hydrogen-bond donors (Lipinski definition) is 0. The molecule has 0 fully saturated rings. The molecule has 2 aromatic carbocycles. The van der Waals surface area contributed by atoms with E-state index in [1.807, 2.05) is 61.7 Å². The molecule has 0 unspecified atom stereocenters. The number of aryl methyl sites for hydroxylation is 1. The van der Waals surface area contributed by atoms with E-state index in [1.54, 1.807) is 10.9 Å². The Morgan fingerprint density at radius 3 is 2.66 bits per heavy atom. The van der Waals surface area contributed by atoms with Gasteiger partial charge in [-0.25, -0.2) is 0 Å². The Balaban J connectivity index is 1.39. The molecule has 6 rings (SSSR count). The van der Waals surface area contributed by atoms with Crippen molar-refractivity contribution >= 4 is 33.9 Å². The van der Waals surface area contributed by atoms with Gasteiger partial charge in [0.05, 0.1) is 0 Å². The van der Waals surface area contributed by atoms with Crippen LogP contribution >= 0.6 is 0 Å². The Labute approximate surface area is 190 Å². The molecule has 0 saturated heterocycles. The molecule has 0 aliphatic carbocycles. The summed E-state index contributed by atoms with van der Waals surface area (Å²) < 4.78 is 10.5. The molecule has 154 valence electrons. The fourth-order valence-corrected chi connectivity index (χ4v) is 6.43. The third-order valence-electron chi connectivity index (χ3n) is 5.31. The van der Waals surface area contributed by atoms with Crippen LogP contribution in [-0.2, 0) is 0 Å². The first-order valence-electron chi connectivity index (χ1n) is 10.3. The van der Waals surface area contributed by atoms with Crippen LogP contribution in [0.15, 0.2) is 91.3 Å². The van der Waals surface area contributed by atoms with E-state index in [0.29, 0.717) is 5.88 Å². The summed E-state index contributed by atoms with van der Waals surface area (Å²) in [5.74, 6) is 1.28. The second kappa shape index (κ2) is 7.75. The zero-order valence-corrected chi connectivity index (χ0v) is 19.0. The monoisotopic (exact) mass is 482 g/mol. The molecule has 0 spiro atoms. The maximum atomic E-state index is 6.12. The van der Waals surface area contributed by atoms with Crippen LogP contribution in [0.25, 0.3) is 36.4 Å². The van der Waals surface area contributed by atoms with Crippen molar-refractivity contribution in [2.75, 3.05) is 0 Å². The molecule has 6 heteroatoms. The summed E-state index contributed by atoms with van der Waals surface area (Å²) in [6.45, 7) is 2.05. The maximum absolute atomic E-state index is 6.12. The summed E-state index contributed by atoms with van der Waals surface area (Å²) in [6, 6.07) is 26.3. The van der Waals surface area contributed by atoms with Crippen molar-refractivity contribution in [3.05, 3.63) is 97.0 Å². The Morgan fingerprint density at radius 1 is 0.844 bits per heavy atom. The van der Waals surface area contributed by atoms with Crippen molar-refractivity contribution in [2.45, 2.75) is 6.92 Å². The summed E-state index contributed by atoms with van der Waals surface area (Å²) >= 11 is 0.157. The molecule has 0 N–H and O–H groups in total. The van der Waals surface area contributed by atoms with Crippen LogP contribution in [0, 0.1) is 6.92 Å². The number of aromatic nitrogens is 4. The fourth-order valence-electron chi connectivity index (χ4n) is 3.83. The molecule has 6 aromatic rings. The van der Waals surface area contributed by atoms with Crippen molar-refractivity contribution in [3.63, 3.8) is 0 Å². The van der Waals surface area contributed by atoms with E-state index in [-0.39, 0.29) is 14.5 Å². The van der Waals surface area contributed by atoms with Gasteiger partial charge < -0.3 is 0 Å². The van der Waals surface area contributed by atoms with E-state index < -0.39 is 0 Å². The first-order valence-corrected chi connectivity index (χ1v) is 12.0. The standard InChI is InChI=1S/C26H18N4OSe/c1-17-12-13-21-20-8-3-9-22(25(20)32-26(21)28-17)23-10-4-11-24(29-23)31-19-7-2-6-18(16-19)30-15-5-14-27-30/h2-16H,1H3. The fraction of sp³-hybridized carbons (Fsp3) is 0.0385. The summed E-state index contributed by atoms with van der Waals surface area (Å²) in [7, 11) is 0. The molecule has 0 radical (unpaired) electrons. The predicted octanol–water partition coefficient (Wildman–Crippen LogP) is 5.79.